The lowest BCUT2D eigenvalue weighted by Crippen LogP contribution is -2.32. The Morgan fingerprint density at radius 3 is 2.21 bits per heavy atom. The monoisotopic (exact) mass is 420 g/mol. The number of rotatable bonds is 10. The average Bonchev–Trinajstić information content (AvgIpc) is 2.74. The van der Waals surface area contributed by atoms with Crippen LogP contribution in [0.25, 0.3) is 0 Å². The largest absolute Gasteiger partial charge is 0.497 e. The maximum atomic E-state index is 12.7. The van der Waals surface area contributed by atoms with Gasteiger partial charge in [-0.25, -0.2) is 8.42 Å². The Morgan fingerprint density at radius 2 is 1.62 bits per heavy atom. The Bertz CT molecular complexity index is 909. The number of ether oxygens (including phenoxy) is 2. The highest BCUT2D eigenvalue weighted by Gasteiger charge is 2.23. The van der Waals surface area contributed by atoms with E-state index in [0.717, 1.165) is 5.75 Å². The number of sulfonamides is 1. The minimum atomic E-state index is -3.61. The van der Waals surface area contributed by atoms with Crippen LogP contribution in [-0.2, 0) is 10.0 Å². The van der Waals surface area contributed by atoms with Crippen LogP contribution in [0.3, 0.4) is 0 Å². The first-order valence-electron chi connectivity index (χ1n) is 9.46. The first-order chi connectivity index (χ1) is 13.8. The van der Waals surface area contributed by atoms with E-state index in [1.165, 1.54) is 21.3 Å². The van der Waals surface area contributed by atoms with Gasteiger partial charge in [0.05, 0.1) is 18.6 Å². The van der Waals surface area contributed by atoms with Gasteiger partial charge in [-0.2, -0.15) is 4.31 Å². The summed E-state index contributed by atoms with van der Waals surface area (Å²) in [4.78, 5) is 14.3. The van der Waals surface area contributed by atoms with Crippen LogP contribution in [0.1, 0.15) is 24.2 Å². The van der Waals surface area contributed by atoms with Gasteiger partial charge < -0.3 is 14.4 Å². The van der Waals surface area contributed by atoms with Gasteiger partial charge in [0.1, 0.15) is 18.1 Å². The highest BCUT2D eigenvalue weighted by Crippen LogP contribution is 2.19. The van der Waals surface area contributed by atoms with Gasteiger partial charge in [0.25, 0.3) is 5.91 Å². The van der Waals surface area contributed by atoms with Crippen LogP contribution in [0, 0.1) is 0 Å². The summed E-state index contributed by atoms with van der Waals surface area (Å²) >= 11 is 0. The lowest BCUT2D eigenvalue weighted by molar-refractivity contribution is 0.0773. The van der Waals surface area contributed by atoms with Crippen LogP contribution in [-0.4, -0.2) is 63.9 Å². The van der Waals surface area contributed by atoms with Crippen molar-refractivity contribution in [1.82, 2.24) is 9.21 Å². The highest BCUT2D eigenvalue weighted by molar-refractivity contribution is 7.89. The summed E-state index contributed by atoms with van der Waals surface area (Å²) in [5.74, 6) is 1.16. The average molecular weight is 421 g/mol. The molecule has 2 rings (SSSR count). The number of hydrogen-bond acceptors (Lipinski definition) is 5. The predicted octanol–water partition coefficient (Wildman–Crippen LogP) is 2.88. The van der Waals surface area contributed by atoms with Crippen LogP contribution < -0.4 is 9.47 Å². The van der Waals surface area contributed by atoms with Crippen molar-refractivity contribution in [2.75, 3.05) is 40.4 Å². The van der Waals surface area contributed by atoms with Crippen molar-refractivity contribution in [2.45, 2.75) is 18.7 Å². The maximum Gasteiger partial charge on any atom is 0.253 e. The van der Waals surface area contributed by atoms with Gasteiger partial charge in [0.2, 0.25) is 10.0 Å². The Kier molecular flexibility index (Phi) is 8.04. The van der Waals surface area contributed by atoms with Gasteiger partial charge in [0, 0.05) is 25.7 Å². The third-order valence-corrected chi connectivity index (χ3v) is 6.57. The van der Waals surface area contributed by atoms with Crippen LogP contribution in [0.4, 0.5) is 0 Å². The second-order valence-electron chi connectivity index (χ2n) is 6.37. The highest BCUT2D eigenvalue weighted by atomic mass is 32.2. The molecule has 0 heterocycles. The Hall–Kier alpha value is -2.58. The van der Waals surface area contributed by atoms with Crippen LogP contribution in [0.2, 0.25) is 0 Å². The van der Waals surface area contributed by atoms with E-state index in [-0.39, 0.29) is 10.8 Å². The SMILES string of the molecule is CCN(CC)S(=O)(=O)c1cccc(C(=O)N(C)CCOc2ccc(OC)cc2)c1. The molecule has 0 radical (unpaired) electrons. The number of nitrogens with zero attached hydrogens (tertiary/aromatic N) is 2. The zero-order valence-corrected chi connectivity index (χ0v) is 18.1. The molecule has 1 amide bonds. The van der Waals surface area contributed by atoms with E-state index in [9.17, 15) is 13.2 Å². The second-order valence-corrected chi connectivity index (χ2v) is 8.31. The van der Waals surface area contributed by atoms with Crippen molar-refractivity contribution >= 4 is 15.9 Å². The van der Waals surface area contributed by atoms with E-state index in [1.807, 2.05) is 0 Å². The van der Waals surface area contributed by atoms with Gasteiger partial charge in [-0.1, -0.05) is 19.9 Å². The smallest absolute Gasteiger partial charge is 0.253 e. The maximum absolute atomic E-state index is 12.7. The van der Waals surface area contributed by atoms with E-state index >= 15 is 0 Å². The van der Waals surface area contributed by atoms with Gasteiger partial charge in [-0.3, -0.25) is 4.79 Å². The molecule has 0 bridgehead atoms. The fourth-order valence-electron chi connectivity index (χ4n) is 2.80. The number of benzene rings is 2. The van der Waals surface area contributed by atoms with Crippen LogP contribution >= 0.6 is 0 Å². The molecule has 0 aliphatic rings. The normalized spacial score (nSPS) is 11.3. The fraction of sp³-hybridized carbons (Fsp3) is 0.381. The van der Waals surface area contributed by atoms with Crippen LogP contribution in [0.15, 0.2) is 53.4 Å². The predicted molar refractivity (Wildman–Crippen MR) is 112 cm³/mol. The fourth-order valence-corrected chi connectivity index (χ4v) is 4.30. The molecule has 2 aromatic carbocycles. The molecule has 2 aromatic rings. The third-order valence-electron chi connectivity index (χ3n) is 4.53. The van der Waals surface area contributed by atoms with Crippen molar-refractivity contribution in [3.8, 4) is 11.5 Å². The molecule has 158 valence electrons. The standard InChI is InChI=1S/C21H28N2O5S/c1-5-23(6-2)29(25,26)20-9-7-8-17(16-20)21(24)22(3)14-15-28-19-12-10-18(27-4)11-13-19/h7-13,16H,5-6,14-15H2,1-4H3. The second kappa shape index (κ2) is 10.3. The van der Waals surface area contributed by atoms with Crippen molar-refractivity contribution in [3.05, 3.63) is 54.1 Å². The number of likely N-dealkylation sites (N-methyl/N-ethyl adjacent to an activating group) is 1. The lowest BCUT2D eigenvalue weighted by atomic mass is 10.2. The minimum Gasteiger partial charge on any atom is -0.497 e. The first kappa shape index (κ1) is 22.7. The summed E-state index contributed by atoms with van der Waals surface area (Å²) in [5, 5.41) is 0. The summed E-state index contributed by atoms with van der Waals surface area (Å²) in [7, 11) is -0.360. The van der Waals surface area contributed by atoms with E-state index in [4.69, 9.17) is 9.47 Å². The first-order valence-corrected chi connectivity index (χ1v) is 10.9. The third kappa shape index (κ3) is 5.71. The van der Waals surface area contributed by atoms with Crippen molar-refractivity contribution < 1.29 is 22.7 Å². The van der Waals surface area contributed by atoms with E-state index < -0.39 is 10.0 Å². The molecule has 8 heteroatoms. The topological polar surface area (TPSA) is 76.2 Å². The summed E-state index contributed by atoms with van der Waals surface area (Å²) in [6.07, 6.45) is 0. The quantitative estimate of drug-likeness (QED) is 0.591. The molecule has 0 unspecified atom stereocenters. The molecule has 0 atom stereocenters. The zero-order valence-electron chi connectivity index (χ0n) is 17.3. The molecule has 0 spiro atoms. The minimum absolute atomic E-state index is 0.120. The zero-order chi connectivity index (χ0) is 21.4. The molecular formula is C21H28N2O5S. The Labute approximate surface area is 172 Å². The molecule has 0 N–H and O–H groups in total. The van der Waals surface area contributed by atoms with E-state index in [1.54, 1.807) is 64.4 Å². The van der Waals surface area contributed by atoms with Gasteiger partial charge in [-0.05, 0) is 42.5 Å². The summed E-state index contributed by atoms with van der Waals surface area (Å²) in [6.45, 7) is 4.99. The molecule has 0 aliphatic carbocycles. The molecule has 7 nitrogen and oxygen atoms in total. The van der Waals surface area contributed by atoms with Crippen molar-refractivity contribution in [2.24, 2.45) is 0 Å². The van der Waals surface area contributed by atoms with Gasteiger partial charge in [0.15, 0.2) is 0 Å². The summed E-state index contributed by atoms with van der Waals surface area (Å²) in [6, 6.07) is 13.3. The van der Waals surface area contributed by atoms with Crippen molar-refractivity contribution in [3.63, 3.8) is 0 Å². The molecule has 0 saturated carbocycles. The molecule has 0 aromatic heterocycles. The molecule has 0 fully saturated rings. The van der Waals surface area contributed by atoms with Gasteiger partial charge >= 0.3 is 0 Å². The number of methoxy groups -OCH3 is 1. The number of hydrogen-bond donors (Lipinski definition) is 0. The van der Waals surface area contributed by atoms with Gasteiger partial charge in [-0.15, -0.1) is 0 Å². The number of carbonyl (C=O) groups excluding carboxylic acids is 1. The Morgan fingerprint density at radius 1 is 1.00 bits per heavy atom. The Balaban J connectivity index is 2.01. The van der Waals surface area contributed by atoms with Crippen molar-refractivity contribution in [1.29, 1.82) is 0 Å². The van der Waals surface area contributed by atoms with Crippen LogP contribution in [0.5, 0.6) is 11.5 Å². The summed E-state index contributed by atoms with van der Waals surface area (Å²) in [5.41, 5.74) is 0.324. The molecule has 0 saturated heterocycles. The number of carbonyl (C=O) groups is 1. The lowest BCUT2D eigenvalue weighted by Gasteiger charge is -2.20. The summed E-state index contributed by atoms with van der Waals surface area (Å²) < 4.78 is 37.5. The molecule has 29 heavy (non-hydrogen) atoms. The molecule has 0 aliphatic heterocycles. The van der Waals surface area contributed by atoms with E-state index in [0.29, 0.717) is 37.6 Å². The number of amides is 1. The van der Waals surface area contributed by atoms with E-state index in [2.05, 4.69) is 0 Å². The molecular weight excluding hydrogens is 392 g/mol.